The molecule has 0 spiro atoms. The monoisotopic (exact) mass is 451 g/mol. The zero-order valence-electron chi connectivity index (χ0n) is 14.2. The van der Waals surface area contributed by atoms with E-state index in [4.69, 9.17) is 4.74 Å². The summed E-state index contributed by atoms with van der Waals surface area (Å²) in [7, 11) is 0. The molecule has 1 saturated carbocycles. The van der Waals surface area contributed by atoms with E-state index in [1.54, 1.807) is 11.3 Å². The van der Waals surface area contributed by atoms with E-state index < -0.39 is 0 Å². The van der Waals surface area contributed by atoms with Gasteiger partial charge in [-0.2, -0.15) is 11.3 Å². The first-order valence-corrected chi connectivity index (χ1v) is 9.36. The number of thiophene rings is 1. The highest BCUT2D eigenvalue weighted by Gasteiger charge is 2.20. The number of nitrogens with zero attached hydrogens (tertiary/aromatic N) is 1. The van der Waals surface area contributed by atoms with E-state index in [2.05, 4.69) is 46.3 Å². The Morgan fingerprint density at radius 1 is 1.43 bits per heavy atom. The SMILES string of the molecule is CCNC(=NCC(C)c1ccsc1)NCCCOCC1CC1.I. The Hall–Kier alpha value is -0.340. The third kappa shape index (κ3) is 8.91. The van der Waals surface area contributed by atoms with Crippen molar-refractivity contribution >= 4 is 41.3 Å². The van der Waals surface area contributed by atoms with E-state index in [9.17, 15) is 0 Å². The number of hydrogen-bond acceptors (Lipinski definition) is 3. The molecule has 1 aliphatic carbocycles. The molecule has 0 bridgehead atoms. The zero-order chi connectivity index (χ0) is 15.6. The second-order valence-electron chi connectivity index (χ2n) is 5.98. The molecule has 4 nitrogen and oxygen atoms in total. The van der Waals surface area contributed by atoms with E-state index in [1.165, 1.54) is 18.4 Å². The number of nitrogens with one attached hydrogen (secondary N) is 2. The van der Waals surface area contributed by atoms with Crippen LogP contribution in [-0.2, 0) is 4.74 Å². The van der Waals surface area contributed by atoms with E-state index >= 15 is 0 Å². The van der Waals surface area contributed by atoms with Crippen molar-refractivity contribution < 1.29 is 4.74 Å². The van der Waals surface area contributed by atoms with Gasteiger partial charge in [0.25, 0.3) is 0 Å². The molecule has 1 atom stereocenters. The van der Waals surface area contributed by atoms with Gasteiger partial charge in [0.2, 0.25) is 0 Å². The molecule has 1 aliphatic rings. The van der Waals surface area contributed by atoms with Crippen LogP contribution in [0.4, 0.5) is 0 Å². The van der Waals surface area contributed by atoms with Gasteiger partial charge in [0.15, 0.2) is 5.96 Å². The summed E-state index contributed by atoms with van der Waals surface area (Å²) in [4.78, 5) is 4.68. The molecule has 0 aromatic carbocycles. The number of rotatable bonds is 10. The van der Waals surface area contributed by atoms with Crippen LogP contribution in [0, 0.1) is 5.92 Å². The first-order valence-electron chi connectivity index (χ1n) is 8.41. The van der Waals surface area contributed by atoms with E-state index in [1.807, 2.05) is 0 Å². The highest BCUT2D eigenvalue weighted by atomic mass is 127. The smallest absolute Gasteiger partial charge is 0.191 e. The number of ether oxygens (including phenoxy) is 1. The van der Waals surface area contributed by atoms with Crippen molar-refractivity contribution in [2.75, 3.05) is 32.8 Å². The van der Waals surface area contributed by atoms with Crippen LogP contribution in [0.3, 0.4) is 0 Å². The summed E-state index contributed by atoms with van der Waals surface area (Å²) in [6, 6.07) is 2.18. The molecule has 1 fully saturated rings. The Morgan fingerprint density at radius 3 is 2.91 bits per heavy atom. The Labute approximate surface area is 161 Å². The zero-order valence-corrected chi connectivity index (χ0v) is 17.4. The normalized spacial score (nSPS) is 15.8. The van der Waals surface area contributed by atoms with Gasteiger partial charge in [-0.1, -0.05) is 6.92 Å². The van der Waals surface area contributed by atoms with Gasteiger partial charge in [0.05, 0.1) is 0 Å². The van der Waals surface area contributed by atoms with E-state index in [0.29, 0.717) is 5.92 Å². The quantitative estimate of drug-likeness (QED) is 0.246. The number of aliphatic imine (C=N–C) groups is 1. The van der Waals surface area contributed by atoms with Crippen molar-refractivity contribution in [2.24, 2.45) is 10.9 Å². The summed E-state index contributed by atoms with van der Waals surface area (Å²) in [6.07, 6.45) is 3.74. The van der Waals surface area contributed by atoms with Gasteiger partial charge in [0.1, 0.15) is 0 Å². The van der Waals surface area contributed by atoms with Crippen LogP contribution in [0.2, 0.25) is 0 Å². The lowest BCUT2D eigenvalue weighted by Crippen LogP contribution is -2.38. The third-order valence-corrected chi connectivity index (χ3v) is 4.49. The maximum Gasteiger partial charge on any atom is 0.191 e. The summed E-state index contributed by atoms with van der Waals surface area (Å²) in [6.45, 7) is 8.71. The first kappa shape index (κ1) is 20.7. The van der Waals surface area contributed by atoms with Crippen molar-refractivity contribution in [1.29, 1.82) is 0 Å². The minimum atomic E-state index is 0. The topological polar surface area (TPSA) is 45.7 Å². The summed E-state index contributed by atoms with van der Waals surface area (Å²) >= 11 is 1.75. The Kier molecular flexibility index (Phi) is 10.9. The second-order valence-corrected chi connectivity index (χ2v) is 6.76. The van der Waals surface area contributed by atoms with E-state index in [-0.39, 0.29) is 24.0 Å². The highest BCUT2D eigenvalue weighted by molar-refractivity contribution is 14.0. The molecule has 0 saturated heterocycles. The van der Waals surface area contributed by atoms with Gasteiger partial charge < -0.3 is 15.4 Å². The lowest BCUT2D eigenvalue weighted by Gasteiger charge is -2.13. The lowest BCUT2D eigenvalue weighted by molar-refractivity contribution is 0.123. The fourth-order valence-electron chi connectivity index (χ4n) is 2.15. The highest BCUT2D eigenvalue weighted by Crippen LogP contribution is 2.28. The van der Waals surface area contributed by atoms with Crippen LogP contribution in [0.5, 0.6) is 0 Å². The van der Waals surface area contributed by atoms with Crippen LogP contribution in [0.15, 0.2) is 21.8 Å². The fraction of sp³-hybridized carbons (Fsp3) is 0.706. The lowest BCUT2D eigenvalue weighted by atomic mass is 10.1. The van der Waals surface area contributed by atoms with Gasteiger partial charge in [-0.05, 0) is 54.5 Å². The predicted molar refractivity (Wildman–Crippen MR) is 110 cm³/mol. The van der Waals surface area contributed by atoms with Gasteiger partial charge in [-0.25, -0.2) is 0 Å². The molecule has 1 unspecified atom stereocenters. The van der Waals surface area contributed by atoms with Crippen LogP contribution >= 0.6 is 35.3 Å². The molecule has 0 amide bonds. The van der Waals surface area contributed by atoms with Crippen LogP contribution in [0.1, 0.15) is 44.6 Å². The number of halogens is 1. The van der Waals surface area contributed by atoms with Crippen molar-refractivity contribution in [2.45, 2.75) is 39.0 Å². The maximum absolute atomic E-state index is 5.65. The van der Waals surface area contributed by atoms with Crippen molar-refractivity contribution in [3.8, 4) is 0 Å². The van der Waals surface area contributed by atoms with Gasteiger partial charge in [-0.3, -0.25) is 4.99 Å². The molecule has 6 heteroatoms. The average molecular weight is 451 g/mol. The predicted octanol–water partition coefficient (Wildman–Crippen LogP) is 3.84. The third-order valence-electron chi connectivity index (χ3n) is 3.79. The van der Waals surface area contributed by atoms with Crippen molar-refractivity contribution in [3.05, 3.63) is 22.4 Å². The summed E-state index contributed by atoms with van der Waals surface area (Å²) in [5.74, 6) is 2.22. The average Bonchev–Trinajstić information content (AvgIpc) is 3.18. The minimum absolute atomic E-state index is 0. The van der Waals surface area contributed by atoms with E-state index in [0.717, 1.165) is 51.1 Å². The van der Waals surface area contributed by atoms with Crippen molar-refractivity contribution in [3.63, 3.8) is 0 Å². The maximum atomic E-state index is 5.65. The molecular formula is C17H30IN3OS. The summed E-state index contributed by atoms with van der Waals surface area (Å²) < 4.78 is 5.65. The number of hydrogen-bond donors (Lipinski definition) is 2. The molecule has 1 aromatic rings. The molecule has 1 aromatic heterocycles. The van der Waals surface area contributed by atoms with Crippen LogP contribution in [-0.4, -0.2) is 38.8 Å². The molecular weight excluding hydrogens is 421 g/mol. The summed E-state index contributed by atoms with van der Waals surface area (Å²) in [5, 5.41) is 11.0. The first-order chi connectivity index (χ1) is 10.8. The standard InChI is InChI=1S/C17H29N3OS.HI/c1-3-18-17(19-8-4-9-21-12-15-5-6-15)20-11-14(2)16-7-10-22-13-16;/h7,10,13-15H,3-6,8-9,11-12H2,1-2H3,(H2,18,19,20);1H. The van der Waals surface area contributed by atoms with Gasteiger partial charge in [0, 0.05) is 38.8 Å². The molecule has 0 radical (unpaired) electrons. The minimum Gasteiger partial charge on any atom is -0.381 e. The second kappa shape index (κ2) is 12.1. The van der Waals surface area contributed by atoms with Crippen molar-refractivity contribution in [1.82, 2.24) is 10.6 Å². The fourth-order valence-corrected chi connectivity index (χ4v) is 2.93. The Balaban J connectivity index is 0.00000264. The van der Waals surface area contributed by atoms with Crippen LogP contribution < -0.4 is 10.6 Å². The molecule has 0 aliphatic heterocycles. The summed E-state index contributed by atoms with van der Waals surface area (Å²) in [5.41, 5.74) is 1.37. The Morgan fingerprint density at radius 2 is 2.26 bits per heavy atom. The van der Waals surface area contributed by atoms with Gasteiger partial charge in [-0.15, -0.1) is 24.0 Å². The molecule has 2 N–H and O–H groups in total. The van der Waals surface area contributed by atoms with Crippen LogP contribution in [0.25, 0.3) is 0 Å². The molecule has 132 valence electrons. The van der Waals surface area contributed by atoms with Gasteiger partial charge >= 0.3 is 0 Å². The Bertz CT molecular complexity index is 435. The molecule has 2 rings (SSSR count). The number of guanidine groups is 1. The molecule has 1 heterocycles. The molecule has 23 heavy (non-hydrogen) atoms. The largest absolute Gasteiger partial charge is 0.381 e.